The number of aromatic amines is 1. The predicted octanol–water partition coefficient (Wildman–Crippen LogP) is 0.499. The van der Waals surface area contributed by atoms with E-state index in [4.69, 9.17) is 0 Å². The number of rotatable bonds is 4. The van der Waals surface area contributed by atoms with Gasteiger partial charge in [-0.2, -0.15) is 5.10 Å². The molecule has 3 N–H and O–H groups in total. The zero-order chi connectivity index (χ0) is 9.64. The number of H-pyrrole nitrogens is 1. The van der Waals surface area contributed by atoms with Crippen molar-refractivity contribution >= 4 is 0 Å². The fraction of sp³-hybridized carbons (Fsp3) is 0.700. The molecule has 1 fully saturated rings. The first-order valence-electron chi connectivity index (χ1n) is 5.34. The summed E-state index contributed by atoms with van der Waals surface area (Å²) in [6.45, 7) is 4.39. The molecule has 14 heavy (non-hydrogen) atoms. The van der Waals surface area contributed by atoms with Gasteiger partial charge in [-0.15, -0.1) is 0 Å². The van der Waals surface area contributed by atoms with Gasteiger partial charge in [0.15, 0.2) is 0 Å². The van der Waals surface area contributed by atoms with E-state index in [1.54, 1.807) is 0 Å². The van der Waals surface area contributed by atoms with Crippen LogP contribution in [0.15, 0.2) is 12.4 Å². The largest absolute Gasteiger partial charge is 0.316 e. The van der Waals surface area contributed by atoms with Crippen molar-refractivity contribution in [1.82, 2.24) is 20.8 Å². The van der Waals surface area contributed by atoms with E-state index in [2.05, 4.69) is 20.8 Å². The van der Waals surface area contributed by atoms with Gasteiger partial charge in [0.2, 0.25) is 0 Å². The maximum absolute atomic E-state index is 3.91. The van der Waals surface area contributed by atoms with Crippen LogP contribution < -0.4 is 10.6 Å². The van der Waals surface area contributed by atoms with E-state index in [9.17, 15) is 0 Å². The summed E-state index contributed by atoms with van der Waals surface area (Å²) in [4.78, 5) is 0. The molecule has 0 bridgehead atoms. The summed E-state index contributed by atoms with van der Waals surface area (Å²) < 4.78 is 0. The van der Waals surface area contributed by atoms with Gasteiger partial charge in [0.05, 0.1) is 6.20 Å². The third-order valence-corrected chi connectivity index (χ3v) is 2.72. The van der Waals surface area contributed by atoms with Crippen LogP contribution in [-0.4, -0.2) is 29.8 Å². The summed E-state index contributed by atoms with van der Waals surface area (Å²) >= 11 is 0. The van der Waals surface area contributed by atoms with Gasteiger partial charge in [-0.25, -0.2) is 0 Å². The van der Waals surface area contributed by atoms with Gasteiger partial charge in [-0.1, -0.05) is 0 Å². The van der Waals surface area contributed by atoms with Crippen LogP contribution in [0.1, 0.15) is 18.4 Å². The van der Waals surface area contributed by atoms with Crippen molar-refractivity contribution in [2.24, 2.45) is 5.92 Å². The first-order chi connectivity index (χ1) is 6.95. The van der Waals surface area contributed by atoms with Gasteiger partial charge in [-0.05, 0) is 38.4 Å². The second kappa shape index (κ2) is 5.12. The number of aromatic nitrogens is 2. The summed E-state index contributed by atoms with van der Waals surface area (Å²) in [7, 11) is 0. The standard InChI is InChI=1S/C10H18N4/c1-2-9(4-11-3-1)5-12-6-10-7-13-14-8-10/h7-9,11-12H,1-6H2,(H,13,14). The highest BCUT2D eigenvalue weighted by Gasteiger charge is 2.11. The van der Waals surface area contributed by atoms with Gasteiger partial charge in [0.1, 0.15) is 0 Å². The number of piperidine rings is 1. The smallest absolute Gasteiger partial charge is 0.0532 e. The Morgan fingerprint density at radius 1 is 1.57 bits per heavy atom. The zero-order valence-corrected chi connectivity index (χ0v) is 8.42. The van der Waals surface area contributed by atoms with Gasteiger partial charge in [0, 0.05) is 18.3 Å². The molecule has 0 saturated carbocycles. The van der Waals surface area contributed by atoms with Crippen LogP contribution in [0.4, 0.5) is 0 Å². The zero-order valence-electron chi connectivity index (χ0n) is 8.42. The maximum Gasteiger partial charge on any atom is 0.0532 e. The summed E-state index contributed by atoms with van der Waals surface area (Å²) in [5.74, 6) is 0.802. The summed E-state index contributed by atoms with van der Waals surface area (Å²) in [5, 5.41) is 13.6. The van der Waals surface area contributed by atoms with E-state index in [-0.39, 0.29) is 0 Å². The Kier molecular flexibility index (Phi) is 3.54. The Labute approximate surface area is 84.5 Å². The Morgan fingerprint density at radius 2 is 2.57 bits per heavy atom. The molecular formula is C10H18N4. The normalized spacial score (nSPS) is 22.4. The molecule has 0 aromatic carbocycles. The molecule has 2 rings (SSSR count). The van der Waals surface area contributed by atoms with Crippen molar-refractivity contribution < 1.29 is 0 Å². The number of hydrogen-bond donors (Lipinski definition) is 3. The number of nitrogens with one attached hydrogen (secondary N) is 3. The van der Waals surface area contributed by atoms with Crippen molar-refractivity contribution in [1.29, 1.82) is 0 Å². The number of hydrogen-bond acceptors (Lipinski definition) is 3. The van der Waals surface area contributed by atoms with E-state index in [1.807, 2.05) is 12.4 Å². The Morgan fingerprint density at radius 3 is 3.29 bits per heavy atom. The van der Waals surface area contributed by atoms with Gasteiger partial charge < -0.3 is 10.6 Å². The molecule has 78 valence electrons. The lowest BCUT2D eigenvalue weighted by Crippen LogP contribution is -2.35. The number of nitrogens with zero attached hydrogens (tertiary/aromatic N) is 1. The van der Waals surface area contributed by atoms with Crippen LogP contribution in [0.25, 0.3) is 0 Å². The minimum absolute atomic E-state index is 0.802. The Hall–Kier alpha value is -0.870. The minimum atomic E-state index is 0.802. The highest BCUT2D eigenvalue weighted by atomic mass is 15.1. The van der Waals surface area contributed by atoms with Gasteiger partial charge in [-0.3, -0.25) is 5.10 Å². The topological polar surface area (TPSA) is 52.7 Å². The molecule has 1 saturated heterocycles. The lowest BCUT2D eigenvalue weighted by Gasteiger charge is -2.22. The molecule has 4 heteroatoms. The SMILES string of the molecule is c1n[nH]cc1CNCC1CCCNC1. The first-order valence-corrected chi connectivity index (χ1v) is 5.34. The van der Waals surface area contributed by atoms with Crippen LogP contribution in [-0.2, 0) is 6.54 Å². The van der Waals surface area contributed by atoms with Crippen LogP contribution in [0.3, 0.4) is 0 Å². The molecule has 0 amide bonds. The molecule has 1 atom stereocenters. The molecule has 0 aliphatic carbocycles. The fourth-order valence-electron chi connectivity index (χ4n) is 1.89. The molecule has 1 aliphatic rings. The van der Waals surface area contributed by atoms with Crippen LogP contribution in [0.5, 0.6) is 0 Å². The van der Waals surface area contributed by atoms with E-state index in [0.717, 1.165) is 19.0 Å². The quantitative estimate of drug-likeness (QED) is 0.654. The highest BCUT2D eigenvalue weighted by Crippen LogP contribution is 2.08. The van der Waals surface area contributed by atoms with Crippen LogP contribution in [0, 0.1) is 5.92 Å². The lowest BCUT2D eigenvalue weighted by atomic mass is 10.00. The molecular weight excluding hydrogens is 176 g/mol. The molecule has 1 aromatic rings. The van der Waals surface area contributed by atoms with Crippen molar-refractivity contribution in [2.45, 2.75) is 19.4 Å². The van der Waals surface area contributed by atoms with Crippen molar-refractivity contribution in [3.63, 3.8) is 0 Å². The van der Waals surface area contributed by atoms with E-state index in [1.165, 1.54) is 31.5 Å². The Balaban J connectivity index is 1.62. The summed E-state index contributed by atoms with van der Waals surface area (Å²) in [5.41, 5.74) is 1.23. The van der Waals surface area contributed by atoms with Crippen molar-refractivity contribution in [3.8, 4) is 0 Å². The average Bonchev–Trinajstić information content (AvgIpc) is 2.72. The predicted molar refractivity (Wildman–Crippen MR) is 55.9 cm³/mol. The molecule has 0 spiro atoms. The third-order valence-electron chi connectivity index (χ3n) is 2.72. The van der Waals surface area contributed by atoms with Gasteiger partial charge in [0.25, 0.3) is 0 Å². The molecule has 0 radical (unpaired) electrons. The third kappa shape index (κ3) is 2.82. The van der Waals surface area contributed by atoms with E-state index >= 15 is 0 Å². The fourth-order valence-corrected chi connectivity index (χ4v) is 1.89. The molecule has 1 aliphatic heterocycles. The second-order valence-electron chi connectivity index (χ2n) is 3.95. The highest BCUT2D eigenvalue weighted by molar-refractivity contribution is 5.01. The first kappa shape index (κ1) is 9.68. The van der Waals surface area contributed by atoms with Crippen LogP contribution in [0.2, 0.25) is 0 Å². The molecule has 1 aromatic heterocycles. The molecule has 1 unspecified atom stereocenters. The lowest BCUT2D eigenvalue weighted by molar-refractivity contribution is 0.360. The summed E-state index contributed by atoms with van der Waals surface area (Å²) in [6.07, 6.45) is 6.47. The summed E-state index contributed by atoms with van der Waals surface area (Å²) in [6, 6.07) is 0. The second-order valence-corrected chi connectivity index (χ2v) is 3.95. The maximum atomic E-state index is 3.91. The Bertz CT molecular complexity index is 239. The molecule has 2 heterocycles. The average molecular weight is 194 g/mol. The minimum Gasteiger partial charge on any atom is -0.316 e. The monoisotopic (exact) mass is 194 g/mol. The molecule has 4 nitrogen and oxygen atoms in total. The van der Waals surface area contributed by atoms with E-state index in [0.29, 0.717) is 0 Å². The van der Waals surface area contributed by atoms with Crippen LogP contribution >= 0.6 is 0 Å². The van der Waals surface area contributed by atoms with Gasteiger partial charge >= 0.3 is 0 Å². The van der Waals surface area contributed by atoms with E-state index < -0.39 is 0 Å². The van der Waals surface area contributed by atoms with Crippen molar-refractivity contribution in [2.75, 3.05) is 19.6 Å². The van der Waals surface area contributed by atoms with Crippen molar-refractivity contribution in [3.05, 3.63) is 18.0 Å².